The highest BCUT2D eigenvalue weighted by Gasteiger charge is 2.42. The predicted octanol–water partition coefficient (Wildman–Crippen LogP) is 1.88. The molecule has 1 amide bonds. The van der Waals surface area contributed by atoms with E-state index in [0.29, 0.717) is 25.1 Å². The summed E-state index contributed by atoms with van der Waals surface area (Å²) in [5.41, 5.74) is -0.326. The molecule has 1 aliphatic heterocycles. The van der Waals surface area contributed by atoms with Crippen LogP contribution in [0.3, 0.4) is 0 Å². The third-order valence-electron chi connectivity index (χ3n) is 3.38. The Bertz CT molecular complexity index is 484. The molecular formula is C14H17F2NO2. The van der Waals surface area contributed by atoms with Gasteiger partial charge >= 0.3 is 0 Å². The van der Waals surface area contributed by atoms with Crippen molar-refractivity contribution in [1.82, 2.24) is 4.90 Å². The maximum absolute atomic E-state index is 13.0. The minimum Gasteiger partial charge on any atom is -0.386 e. The van der Waals surface area contributed by atoms with Gasteiger partial charge in [-0.1, -0.05) is 19.4 Å². The molecular weight excluding hydrogens is 252 g/mol. The fraction of sp³-hybridized carbons (Fsp3) is 0.500. The van der Waals surface area contributed by atoms with E-state index in [2.05, 4.69) is 0 Å². The Labute approximate surface area is 110 Å². The minimum atomic E-state index is -0.948. The summed E-state index contributed by atoms with van der Waals surface area (Å²) in [6.07, 6.45) is 1.56. The van der Waals surface area contributed by atoms with Crippen molar-refractivity contribution in [1.29, 1.82) is 0 Å². The highest BCUT2D eigenvalue weighted by atomic mass is 19.2. The van der Waals surface area contributed by atoms with E-state index in [1.807, 2.05) is 6.92 Å². The van der Waals surface area contributed by atoms with E-state index in [4.69, 9.17) is 0 Å². The second kappa shape index (κ2) is 5.25. The van der Waals surface area contributed by atoms with Crippen molar-refractivity contribution in [2.75, 3.05) is 13.1 Å². The SMILES string of the molecule is CCCC1(O)CN(C(=O)Cc2ccc(F)c(F)c2)C1. The third-order valence-corrected chi connectivity index (χ3v) is 3.38. The monoisotopic (exact) mass is 269 g/mol. The molecule has 1 heterocycles. The molecule has 3 nitrogen and oxygen atoms in total. The zero-order valence-electron chi connectivity index (χ0n) is 10.8. The third kappa shape index (κ3) is 3.10. The topological polar surface area (TPSA) is 40.5 Å². The molecule has 0 radical (unpaired) electrons. The van der Waals surface area contributed by atoms with Crippen molar-refractivity contribution < 1.29 is 18.7 Å². The lowest BCUT2D eigenvalue weighted by Gasteiger charge is -2.46. The first-order valence-corrected chi connectivity index (χ1v) is 6.37. The number of likely N-dealkylation sites (tertiary alicyclic amines) is 1. The van der Waals surface area contributed by atoms with Crippen LogP contribution in [0, 0.1) is 11.6 Å². The Morgan fingerprint density at radius 1 is 1.37 bits per heavy atom. The highest BCUT2D eigenvalue weighted by molar-refractivity contribution is 5.79. The largest absolute Gasteiger partial charge is 0.386 e. The minimum absolute atomic E-state index is 0.0272. The number of hydrogen-bond donors (Lipinski definition) is 1. The molecule has 0 aliphatic carbocycles. The van der Waals surface area contributed by atoms with Crippen LogP contribution in [-0.2, 0) is 11.2 Å². The summed E-state index contributed by atoms with van der Waals surface area (Å²) in [7, 11) is 0. The van der Waals surface area contributed by atoms with Gasteiger partial charge in [0.25, 0.3) is 0 Å². The van der Waals surface area contributed by atoms with E-state index in [9.17, 15) is 18.7 Å². The highest BCUT2D eigenvalue weighted by Crippen LogP contribution is 2.26. The zero-order chi connectivity index (χ0) is 14.0. The van der Waals surface area contributed by atoms with E-state index in [-0.39, 0.29) is 12.3 Å². The van der Waals surface area contributed by atoms with Crippen molar-refractivity contribution in [3.8, 4) is 0 Å². The average molecular weight is 269 g/mol. The Morgan fingerprint density at radius 3 is 2.63 bits per heavy atom. The number of nitrogens with zero attached hydrogens (tertiary/aromatic N) is 1. The number of carbonyl (C=O) groups excluding carboxylic acids is 1. The zero-order valence-corrected chi connectivity index (χ0v) is 10.8. The molecule has 19 heavy (non-hydrogen) atoms. The molecule has 1 saturated heterocycles. The van der Waals surface area contributed by atoms with Gasteiger partial charge in [0.15, 0.2) is 11.6 Å². The lowest BCUT2D eigenvalue weighted by atomic mass is 9.89. The van der Waals surface area contributed by atoms with E-state index in [1.54, 1.807) is 0 Å². The van der Waals surface area contributed by atoms with Crippen LogP contribution in [0.1, 0.15) is 25.3 Å². The molecule has 0 spiro atoms. The molecule has 1 aromatic rings. The summed E-state index contributed by atoms with van der Waals surface area (Å²) in [6, 6.07) is 3.45. The Morgan fingerprint density at radius 2 is 2.05 bits per heavy atom. The average Bonchev–Trinajstić information content (AvgIpc) is 2.31. The molecule has 1 N–H and O–H groups in total. The lowest BCUT2D eigenvalue weighted by molar-refractivity contribution is -0.155. The number of β-amino-alcohol motifs (C(OH)–C–C–N with tert-alkyl or cyclic N) is 1. The number of amides is 1. The van der Waals surface area contributed by atoms with Gasteiger partial charge in [-0.05, 0) is 24.1 Å². The number of benzene rings is 1. The standard InChI is InChI=1S/C14H17F2NO2/c1-2-5-14(19)8-17(9-14)13(18)7-10-3-4-11(15)12(16)6-10/h3-4,6,19H,2,5,7-9H2,1H3. The van der Waals surface area contributed by atoms with Gasteiger partial charge in [0.2, 0.25) is 5.91 Å². The van der Waals surface area contributed by atoms with E-state index in [1.165, 1.54) is 11.0 Å². The molecule has 0 unspecified atom stereocenters. The summed E-state index contributed by atoms with van der Waals surface area (Å²) in [5, 5.41) is 9.97. The molecule has 0 aromatic heterocycles. The number of hydrogen-bond acceptors (Lipinski definition) is 2. The smallest absolute Gasteiger partial charge is 0.227 e. The van der Waals surface area contributed by atoms with Gasteiger partial charge in [0.05, 0.1) is 25.1 Å². The first-order valence-electron chi connectivity index (χ1n) is 6.37. The van der Waals surface area contributed by atoms with E-state index < -0.39 is 17.2 Å². The van der Waals surface area contributed by atoms with Crippen LogP contribution in [0.4, 0.5) is 8.78 Å². The van der Waals surface area contributed by atoms with Crippen LogP contribution in [0.15, 0.2) is 18.2 Å². The summed E-state index contributed by atoms with van der Waals surface area (Å²) in [5.74, 6) is -2.04. The van der Waals surface area contributed by atoms with Crippen molar-refractivity contribution in [2.24, 2.45) is 0 Å². The van der Waals surface area contributed by atoms with Gasteiger partial charge in [-0.15, -0.1) is 0 Å². The van der Waals surface area contributed by atoms with Gasteiger partial charge in [-0.25, -0.2) is 8.78 Å². The summed E-state index contributed by atoms with van der Waals surface area (Å²) in [6.45, 7) is 2.62. The van der Waals surface area contributed by atoms with Gasteiger partial charge < -0.3 is 10.0 Å². The second-order valence-corrected chi connectivity index (χ2v) is 5.15. The number of aliphatic hydroxyl groups is 1. The molecule has 0 saturated carbocycles. The van der Waals surface area contributed by atoms with Crippen molar-refractivity contribution in [3.63, 3.8) is 0 Å². The van der Waals surface area contributed by atoms with Crippen LogP contribution < -0.4 is 0 Å². The summed E-state index contributed by atoms with van der Waals surface area (Å²) >= 11 is 0. The Hall–Kier alpha value is -1.49. The molecule has 2 rings (SSSR count). The number of rotatable bonds is 4. The van der Waals surface area contributed by atoms with Gasteiger partial charge in [0, 0.05) is 0 Å². The molecule has 1 aromatic carbocycles. The first-order chi connectivity index (χ1) is 8.93. The van der Waals surface area contributed by atoms with Gasteiger partial charge in [-0.2, -0.15) is 0 Å². The normalized spacial score (nSPS) is 17.2. The molecule has 104 valence electrons. The van der Waals surface area contributed by atoms with Crippen molar-refractivity contribution >= 4 is 5.91 Å². The lowest BCUT2D eigenvalue weighted by Crippen LogP contribution is -2.63. The fourth-order valence-electron chi connectivity index (χ4n) is 2.40. The maximum Gasteiger partial charge on any atom is 0.227 e. The van der Waals surface area contributed by atoms with Crippen LogP contribution in [-0.4, -0.2) is 34.6 Å². The maximum atomic E-state index is 13.0. The van der Waals surface area contributed by atoms with Gasteiger partial charge in [0.1, 0.15) is 0 Å². The van der Waals surface area contributed by atoms with E-state index >= 15 is 0 Å². The second-order valence-electron chi connectivity index (χ2n) is 5.15. The van der Waals surface area contributed by atoms with Crippen molar-refractivity contribution in [2.45, 2.75) is 31.8 Å². The first kappa shape index (κ1) is 13.9. The Kier molecular flexibility index (Phi) is 3.85. The van der Waals surface area contributed by atoms with Crippen LogP contribution in [0.5, 0.6) is 0 Å². The number of carbonyl (C=O) groups is 1. The van der Waals surface area contributed by atoms with Crippen molar-refractivity contribution in [3.05, 3.63) is 35.4 Å². The molecule has 5 heteroatoms. The van der Waals surface area contributed by atoms with Crippen LogP contribution in [0.25, 0.3) is 0 Å². The quantitative estimate of drug-likeness (QED) is 0.906. The molecule has 0 atom stereocenters. The van der Waals surface area contributed by atoms with Crippen LogP contribution in [0.2, 0.25) is 0 Å². The predicted molar refractivity (Wildman–Crippen MR) is 66.5 cm³/mol. The molecule has 0 bridgehead atoms. The summed E-state index contributed by atoms with van der Waals surface area (Å²) < 4.78 is 25.8. The Balaban J connectivity index is 1.91. The summed E-state index contributed by atoms with van der Waals surface area (Å²) in [4.78, 5) is 13.4. The number of halogens is 2. The van der Waals surface area contributed by atoms with Crippen LogP contribution >= 0.6 is 0 Å². The van der Waals surface area contributed by atoms with Gasteiger partial charge in [-0.3, -0.25) is 4.79 Å². The fourth-order valence-corrected chi connectivity index (χ4v) is 2.40. The molecule has 1 fully saturated rings. The molecule has 1 aliphatic rings. The van der Waals surface area contributed by atoms with E-state index in [0.717, 1.165) is 18.6 Å².